The number of aliphatic hydroxyl groups excluding tert-OH is 8. The van der Waals surface area contributed by atoms with Crippen LogP contribution in [0.15, 0.2) is 11.6 Å². The number of carbonyl (C=O) groups excluding carboxylic acids is 1. The molecule has 15 nitrogen and oxygen atoms in total. The predicted molar refractivity (Wildman–Crippen MR) is 200 cm³/mol. The van der Waals surface area contributed by atoms with Crippen LogP contribution in [0.3, 0.4) is 0 Å². The number of hydrogen-bond donors (Lipinski definition) is 9. The maximum atomic E-state index is 13.8. The van der Waals surface area contributed by atoms with E-state index < -0.39 is 96.3 Å². The van der Waals surface area contributed by atoms with Crippen LogP contribution < -0.4 is 0 Å². The van der Waals surface area contributed by atoms with Crippen LogP contribution in [0.4, 0.5) is 0 Å². The molecule has 15 heteroatoms. The number of carboxylic acids is 1. The van der Waals surface area contributed by atoms with E-state index in [0.29, 0.717) is 19.3 Å². The lowest BCUT2D eigenvalue weighted by atomic mass is 9.33. The number of aliphatic carboxylic acids is 1. The summed E-state index contributed by atoms with van der Waals surface area (Å²) < 4.78 is 23.8. The maximum Gasteiger partial charge on any atom is 0.335 e. The molecule has 0 amide bonds. The van der Waals surface area contributed by atoms with Gasteiger partial charge in [-0.2, -0.15) is 0 Å². The van der Waals surface area contributed by atoms with Crippen molar-refractivity contribution in [2.24, 2.45) is 50.2 Å². The van der Waals surface area contributed by atoms with E-state index in [1.54, 1.807) is 0 Å². The molecule has 4 saturated carbocycles. The van der Waals surface area contributed by atoms with Gasteiger partial charge >= 0.3 is 5.97 Å². The summed E-state index contributed by atoms with van der Waals surface area (Å²) in [6.45, 7) is 12.2. The van der Waals surface area contributed by atoms with Gasteiger partial charge in [-0.1, -0.05) is 53.2 Å². The number of hydrogen-bond acceptors (Lipinski definition) is 14. The van der Waals surface area contributed by atoms with Gasteiger partial charge in [-0.25, -0.2) is 4.79 Å². The van der Waals surface area contributed by atoms with E-state index >= 15 is 0 Å². The Bertz CT molecular complexity index is 1590. The summed E-state index contributed by atoms with van der Waals surface area (Å²) in [5.74, 6) is -1.10. The van der Waals surface area contributed by atoms with Crippen molar-refractivity contribution in [3.63, 3.8) is 0 Å². The molecular formula is C42H66O15. The summed E-state index contributed by atoms with van der Waals surface area (Å²) in [5, 5.41) is 94.8. The zero-order valence-electron chi connectivity index (χ0n) is 34.1. The van der Waals surface area contributed by atoms with Gasteiger partial charge in [0, 0.05) is 23.9 Å². The largest absolute Gasteiger partial charge is 0.479 e. The standard InChI is InChI=1S/C42H66O15/c1-37(18-44)15-21-20-7-8-24-39(3)11-10-26(40(4,19-45)23(39)9-12-42(24,6)41(20,5)14-13-38(21,2)25(46)16-37)55-36-33(30(50)29(49)32(56-36)34(52)53)57-35-31(51)28(48)27(47)22(17-43)54-35/h7,21-24,26-33,35-36,43-45,47-51H,8-19H2,1-6H3,(H,52,53). The van der Waals surface area contributed by atoms with Crippen LogP contribution in [0.2, 0.25) is 0 Å². The first kappa shape index (κ1) is 43.5. The minimum atomic E-state index is -1.99. The Morgan fingerprint density at radius 3 is 2.12 bits per heavy atom. The van der Waals surface area contributed by atoms with Crippen molar-refractivity contribution in [3.8, 4) is 0 Å². The lowest BCUT2D eigenvalue weighted by Crippen LogP contribution is -2.68. The van der Waals surface area contributed by atoms with E-state index in [2.05, 4.69) is 33.8 Å². The molecule has 5 aliphatic carbocycles. The molecule has 2 saturated heterocycles. The van der Waals surface area contributed by atoms with Crippen molar-refractivity contribution in [1.29, 1.82) is 0 Å². The number of Topliss-reactive ketones (excluding diaryl/α,β-unsaturated/α-hetero) is 1. The van der Waals surface area contributed by atoms with Crippen molar-refractivity contribution in [1.82, 2.24) is 0 Å². The molecule has 7 aliphatic rings. The molecule has 0 radical (unpaired) electrons. The minimum absolute atomic E-state index is 0.0268. The highest BCUT2D eigenvalue weighted by Gasteiger charge is 2.70. The van der Waals surface area contributed by atoms with Gasteiger partial charge in [0.2, 0.25) is 0 Å². The highest BCUT2D eigenvalue weighted by atomic mass is 16.8. The highest BCUT2D eigenvalue weighted by molar-refractivity contribution is 5.87. The average Bonchev–Trinajstić information content (AvgIpc) is 3.16. The predicted octanol–water partition coefficient (Wildman–Crippen LogP) is 1.03. The Labute approximate surface area is 334 Å². The van der Waals surface area contributed by atoms with E-state index in [0.717, 1.165) is 38.5 Å². The third kappa shape index (κ3) is 6.35. The van der Waals surface area contributed by atoms with Gasteiger partial charge in [-0.3, -0.25) is 4.79 Å². The van der Waals surface area contributed by atoms with Crippen molar-refractivity contribution < 1.29 is 74.5 Å². The molecule has 0 bridgehead atoms. The van der Waals surface area contributed by atoms with Gasteiger partial charge in [-0.15, -0.1) is 0 Å². The fourth-order valence-electron chi connectivity index (χ4n) is 13.5. The van der Waals surface area contributed by atoms with Gasteiger partial charge < -0.3 is 64.9 Å². The second-order valence-corrected chi connectivity index (χ2v) is 20.4. The molecule has 324 valence electrons. The molecule has 20 atom stereocenters. The van der Waals surface area contributed by atoms with Crippen LogP contribution in [0.25, 0.3) is 0 Å². The Hall–Kier alpha value is -1.60. The van der Waals surface area contributed by atoms with Gasteiger partial charge in [0.05, 0.1) is 19.3 Å². The first-order valence-corrected chi connectivity index (χ1v) is 20.9. The quantitative estimate of drug-likeness (QED) is 0.123. The maximum absolute atomic E-state index is 13.8. The van der Waals surface area contributed by atoms with E-state index in [-0.39, 0.29) is 53.0 Å². The first-order chi connectivity index (χ1) is 26.6. The summed E-state index contributed by atoms with van der Waals surface area (Å²) in [5.41, 5.74) is -1.02. The second kappa shape index (κ2) is 14.8. The Kier molecular flexibility index (Phi) is 11.3. The lowest BCUT2D eigenvalue weighted by Gasteiger charge is -2.71. The number of aliphatic hydroxyl groups is 8. The Balaban J connectivity index is 1.17. The summed E-state index contributed by atoms with van der Waals surface area (Å²) >= 11 is 0. The first-order valence-electron chi connectivity index (χ1n) is 20.9. The van der Waals surface area contributed by atoms with Crippen molar-refractivity contribution >= 4 is 11.8 Å². The van der Waals surface area contributed by atoms with Crippen LogP contribution in [-0.2, 0) is 28.5 Å². The van der Waals surface area contributed by atoms with Gasteiger partial charge in [0.15, 0.2) is 18.7 Å². The van der Waals surface area contributed by atoms with Crippen molar-refractivity contribution in [2.45, 2.75) is 167 Å². The van der Waals surface area contributed by atoms with Crippen molar-refractivity contribution in [2.75, 3.05) is 19.8 Å². The van der Waals surface area contributed by atoms with E-state index in [1.165, 1.54) is 5.57 Å². The molecule has 2 aliphatic heterocycles. The number of fused-ring (bicyclic) bond motifs is 7. The molecule has 2 heterocycles. The number of ether oxygens (including phenoxy) is 4. The van der Waals surface area contributed by atoms with E-state index in [9.17, 15) is 55.5 Å². The molecule has 0 aromatic carbocycles. The normalized spacial score (nSPS) is 55.1. The summed E-state index contributed by atoms with van der Waals surface area (Å²) in [6.07, 6.45) is -9.51. The Morgan fingerprint density at radius 2 is 1.49 bits per heavy atom. The zero-order chi connectivity index (χ0) is 41.8. The molecule has 9 N–H and O–H groups in total. The van der Waals surface area contributed by atoms with Crippen LogP contribution >= 0.6 is 0 Å². The van der Waals surface area contributed by atoms with Gasteiger partial charge in [0.25, 0.3) is 0 Å². The Morgan fingerprint density at radius 1 is 0.789 bits per heavy atom. The summed E-state index contributed by atoms with van der Waals surface area (Å²) in [4.78, 5) is 26.0. The minimum Gasteiger partial charge on any atom is -0.479 e. The number of carboxylic acid groups (broad SMARTS) is 1. The van der Waals surface area contributed by atoms with E-state index in [4.69, 9.17) is 18.9 Å². The van der Waals surface area contributed by atoms with Crippen molar-refractivity contribution in [3.05, 3.63) is 11.6 Å². The van der Waals surface area contributed by atoms with Gasteiger partial charge in [-0.05, 0) is 90.8 Å². The molecule has 0 spiro atoms. The second-order valence-electron chi connectivity index (χ2n) is 20.4. The van der Waals surface area contributed by atoms with E-state index in [1.807, 2.05) is 13.8 Å². The topological polar surface area (TPSA) is 253 Å². The molecule has 0 aromatic heterocycles. The molecule has 0 aromatic rings. The lowest BCUT2D eigenvalue weighted by molar-refractivity contribution is -0.375. The number of rotatable bonds is 8. The van der Waals surface area contributed by atoms with Crippen LogP contribution in [0, 0.1) is 50.2 Å². The highest BCUT2D eigenvalue weighted by Crippen LogP contribution is 2.75. The molecule has 20 unspecified atom stereocenters. The number of allylic oxidation sites excluding steroid dienone is 2. The fraction of sp³-hybridized carbons (Fsp3) is 0.905. The fourth-order valence-corrected chi connectivity index (χ4v) is 13.5. The average molecular weight is 811 g/mol. The third-order valence-corrected chi connectivity index (χ3v) is 17.4. The molecular weight excluding hydrogens is 744 g/mol. The monoisotopic (exact) mass is 810 g/mol. The molecule has 57 heavy (non-hydrogen) atoms. The summed E-state index contributed by atoms with van der Waals surface area (Å²) in [7, 11) is 0. The zero-order valence-corrected chi connectivity index (χ0v) is 34.1. The van der Waals surface area contributed by atoms with Crippen LogP contribution in [-0.4, -0.2) is 145 Å². The summed E-state index contributed by atoms with van der Waals surface area (Å²) in [6, 6.07) is 0. The van der Waals surface area contributed by atoms with Gasteiger partial charge in [0.1, 0.15) is 48.5 Å². The SMILES string of the molecule is CC1(CO)CC(=O)C2(C)CCC3(C)C(=CCC4C5(C)CCC(OC6OC(C(=O)O)C(O)C(O)C6OC6OC(CO)C(O)C(O)C6O)C(C)(CO)C5CCC43C)C2C1. The third-order valence-electron chi connectivity index (χ3n) is 17.4. The van der Waals surface area contributed by atoms with Crippen LogP contribution in [0.5, 0.6) is 0 Å². The molecule has 6 fully saturated rings. The molecule has 7 rings (SSSR count). The smallest absolute Gasteiger partial charge is 0.335 e. The number of ketones is 1. The van der Waals surface area contributed by atoms with Crippen LogP contribution in [0.1, 0.15) is 99.3 Å². The number of carbonyl (C=O) groups is 2.